The van der Waals surface area contributed by atoms with Crippen LogP contribution in [0.1, 0.15) is 0 Å². The summed E-state index contributed by atoms with van der Waals surface area (Å²) in [4.78, 5) is 32.8. The molecule has 3 aromatic rings. The van der Waals surface area contributed by atoms with Gasteiger partial charge >= 0.3 is 0 Å². The molecule has 0 bridgehead atoms. The molecule has 0 saturated carbocycles. The summed E-state index contributed by atoms with van der Waals surface area (Å²) in [6.07, 6.45) is 2.87. The maximum atomic E-state index is 12.4. The number of methoxy groups -OCH3 is 2. The lowest BCUT2D eigenvalue weighted by atomic mass is 10.2. The first kappa shape index (κ1) is 16.4. The molecule has 2 heterocycles. The van der Waals surface area contributed by atoms with Crippen LogP contribution in [0.25, 0.3) is 11.0 Å². The van der Waals surface area contributed by atoms with Crippen LogP contribution in [0, 0.1) is 0 Å². The van der Waals surface area contributed by atoms with Crippen molar-refractivity contribution < 1.29 is 14.3 Å². The smallest absolute Gasteiger partial charge is 0.263 e. The minimum absolute atomic E-state index is 0.175. The summed E-state index contributed by atoms with van der Waals surface area (Å²) in [7, 11) is 3.04. The lowest BCUT2D eigenvalue weighted by Crippen LogP contribution is -2.28. The molecule has 0 spiro atoms. The number of rotatable bonds is 5. The molecule has 8 nitrogen and oxygen atoms in total. The Hall–Kier alpha value is -3.42. The van der Waals surface area contributed by atoms with E-state index in [2.05, 4.69) is 15.3 Å². The van der Waals surface area contributed by atoms with Gasteiger partial charge in [0.1, 0.15) is 24.4 Å². The second-order valence-electron chi connectivity index (χ2n) is 5.17. The average molecular weight is 340 g/mol. The second-order valence-corrected chi connectivity index (χ2v) is 5.17. The van der Waals surface area contributed by atoms with E-state index in [1.54, 1.807) is 43.6 Å². The van der Waals surface area contributed by atoms with E-state index in [0.29, 0.717) is 28.2 Å². The van der Waals surface area contributed by atoms with Crippen molar-refractivity contribution in [1.29, 1.82) is 0 Å². The summed E-state index contributed by atoms with van der Waals surface area (Å²) in [5.41, 5.74) is 0.507. The number of nitrogens with one attached hydrogen (secondary N) is 1. The Morgan fingerprint density at radius 2 is 2.04 bits per heavy atom. The van der Waals surface area contributed by atoms with Crippen LogP contribution in [0.4, 0.5) is 5.69 Å². The van der Waals surface area contributed by atoms with Crippen LogP contribution in [0.3, 0.4) is 0 Å². The number of hydrogen-bond donors (Lipinski definition) is 1. The zero-order valence-corrected chi connectivity index (χ0v) is 13.7. The van der Waals surface area contributed by atoms with E-state index < -0.39 is 0 Å². The van der Waals surface area contributed by atoms with E-state index in [9.17, 15) is 9.59 Å². The van der Waals surface area contributed by atoms with Gasteiger partial charge in [-0.05, 0) is 24.3 Å². The van der Waals surface area contributed by atoms with Gasteiger partial charge in [-0.3, -0.25) is 14.2 Å². The highest BCUT2D eigenvalue weighted by Gasteiger charge is 2.11. The molecular formula is C17H16N4O4. The third-order valence-corrected chi connectivity index (χ3v) is 3.59. The summed E-state index contributed by atoms with van der Waals surface area (Å²) < 4.78 is 11.6. The molecular weight excluding hydrogens is 324 g/mol. The van der Waals surface area contributed by atoms with Crippen molar-refractivity contribution in [2.75, 3.05) is 19.5 Å². The number of anilines is 1. The van der Waals surface area contributed by atoms with Gasteiger partial charge in [-0.2, -0.15) is 0 Å². The predicted molar refractivity (Wildman–Crippen MR) is 92.0 cm³/mol. The van der Waals surface area contributed by atoms with Crippen LogP contribution < -0.4 is 20.3 Å². The highest BCUT2D eigenvalue weighted by atomic mass is 16.5. The number of amides is 1. The topological polar surface area (TPSA) is 95.3 Å². The standard InChI is InChI=1S/C17H16N4O4/c1-24-11-5-6-13(14(8-11)25-2)20-15(22)9-21-10-19-16-12(17(21)23)4-3-7-18-16/h3-8,10H,9H2,1-2H3,(H,20,22). The molecule has 0 aliphatic rings. The van der Waals surface area contributed by atoms with Gasteiger partial charge in [0.15, 0.2) is 5.65 Å². The van der Waals surface area contributed by atoms with E-state index in [-0.39, 0.29) is 18.0 Å². The van der Waals surface area contributed by atoms with Gasteiger partial charge in [-0.1, -0.05) is 0 Å². The maximum Gasteiger partial charge on any atom is 0.263 e. The van der Waals surface area contributed by atoms with Crippen LogP contribution in [0.5, 0.6) is 11.5 Å². The molecule has 0 atom stereocenters. The second kappa shape index (κ2) is 7.00. The number of ether oxygens (including phenoxy) is 2. The van der Waals surface area contributed by atoms with Crippen LogP contribution in [0.15, 0.2) is 47.7 Å². The minimum Gasteiger partial charge on any atom is -0.497 e. The van der Waals surface area contributed by atoms with Gasteiger partial charge < -0.3 is 14.8 Å². The number of hydrogen-bond acceptors (Lipinski definition) is 6. The van der Waals surface area contributed by atoms with Crippen LogP contribution >= 0.6 is 0 Å². The molecule has 0 saturated heterocycles. The largest absolute Gasteiger partial charge is 0.497 e. The van der Waals surface area contributed by atoms with Crippen molar-refractivity contribution in [3.63, 3.8) is 0 Å². The lowest BCUT2D eigenvalue weighted by Gasteiger charge is -2.12. The fourth-order valence-corrected chi connectivity index (χ4v) is 2.36. The molecule has 128 valence electrons. The number of aromatic nitrogens is 3. The van der Waals surface area contributed by atoms with Crippen molar-refractivity contribution in [2.45, 2.75) is 6.54 Å². The predicted octanol–water partition coefficient (Wildman–Crippen LogP) is 1.45. The molecule has 2 aromatic heterocycles. The number of carbonyl (C=O) groups is 1. The monoisotopic (exact) mass is 340 g/mol. The van der Waals surface area contributed by atoms with Crippen molar-refractivity contribution in [2.24, 2.45) is 0 Å². The Labute approximate surface area is 143 Å². The summed E-state index contributed by atoms with van der Waals surface area (Å²) in [5.74, 6) is 0.689. The first-order valence-corrected chi connectivity index (χ1v) is 7.44. The third-order valence-electron chi connectivity index (χ3n) is 3.59. The molecule has 25 heavy (non-hydrogen) atoms. The highest BCUT2D eigenvalue weighted by molar-refractivity contribution is 5.92. The van der Waals surface area contributed by atoms with Crippen molar-refractivity contribution >= 4 is 22.6 Å². The van der Waals surface area contributed by atoms with E-state index in [1.807, 2.05) is 0 Å². The van der Waals surface area contributed by atoms with Crippen molar-refractivity contribution in [1.82, 2.24) is 14.5 Å². The van der Waals surface area contributed by atoms with Crippen LogP contribution in [0.2, 0.25) is 0 Å². The molecule has 3 rings (SSSR count). The molecule has 1 N–H and O–H groups in total. The summed E-state index contributed by atoms with van der Waals surface area (Å²) >= 11 is 0. The number of carbonyl (C=O) groups excluding carboxylic acids is 1. The van der Waals surface area contributed by atoms with Crippen LogP contribution in [-0.4, -0.2) is 34.7 Å². The Morgan fingerprint density at radius 3 is 2.80 bits per heavy atom. The van der Waals surface area contributed by atoms with Gasteiger partial charge in [0.25, 0.3) is 5.56 Å². The molecule has 0 aliphatic carbocycles. The lowest BCUT2D eigenvalue weighted by molar-refractivity contribution is -0.116. The molecule has 8 heteroatoms. The zero-order chi connectivity index (χ0) is 17.8. The fraction of sp³-hybridized carbons (Fsp3) is 0.176. The Kier molecular flexibility index (Phi) is 4.60. The first-order chi connectivity index (χ1) is 12.1. The van der Waals surface area contributed by atoms with E-state index in [4.69, 9.17) is 9.47 Å². The Balaban J connectivity index is 1.82. The third kappa shape index (κ3) is 3.42. The normalized spacial score (nSPS) is 10.5. The fourth-order valence-electron chi connectivity index (χ4n) is 2.36. The number of benzene rings is 1. The number of pyridine rings is 1. The SMILES string of the molecule is COc1ccc(NC(=O)Cn2cnc3ncccc3c2=O)c(OC)c1. The van der Waals surface area contributed by atoms with E-state index in [0.717, 1.165) is 0 Å². The van der Waals surface area contributed by atoms with E-state index >= 15 is 0 Å². The maximum absolute atomic E-state index is 12.4. The van der Waals surface area contributed by atoms with Crippen molar-refractivity contribution in [3.05, 3.63) is 53.2 Å². The van der Waals surface area contributed by atoms with Crippen molar-refractivity contribution in [3.8, 4) is 11.5 Å². The average Bonchev–Trinajstić information content (AvgIpc) is 2.64. The van der Waals surface area contributed by atoms with Gasteiger partial charge in [-0.25, -0.2) is 9.97 Å². The Morgan fingerprint density at radius 1 is 1.20 bits per heavy atom. The number of fused-ring (bicyclic) bond motifs is 1. The molecule has 1 amide bonds. The summed E-state index contributed by atoms with van der Waals surface area (Å²) in [6, 6.07) is 8.30. The highest BCUT2D eigenvalue weighted by Crippen LogP contribution is 2.28. The molecule has 0 fully saturated rings. The summed E-state index contributed by atoms with van der Waals surface area (Å²) in [5, 5.41) is 3.07. The quantitative estimate of drug-likeness (QED) is 0.755. The van der Waals surface area contributed by atoms with Gasteiger partial charge in [0.05, 0.1) is 25.3 Å². The first-order valence-electron chi connectivity index (χ1n) is 7.44. The zero-order valence-electron chi connectivity index (χ0n) is 13.7. The van der Waals surface area contributed by atoms with Gasteiger partial charge in [0.2, 0.25) is 5.91 Å². The van der Waals surface area contributed by atoms with E-state index in [1.165, 1.54) is 18.0 Å². The number of nitrogens with zero attached hydrogens (tertiary/aromatic N) is 3. The minimum atomic E-state index is -0.379. The molecule has 0 aliphatic heterocycles. The van der Waals surface area contributed by atoms with Crippen LogP contribution in [-0.2, 0) is 11.3 Å². The molecule has 0 radical (unpaired) electrons. The van der Waals surface area contributed by atoms with Gasteiger partial charge in [-0.15, -0.1) is 0 Å². The Bertz CT molecular complexity index is 984. The van der Waals surface area contributed by atoms with Gasteiger partial charge in [0, 0.05) is 12.3 Å². The molecule has 1 aromatic carbocycles. The molecule has 0 unspecified atom stereocenters. The summed E-state index contributed by atoms with van der Waals surface area (Å²) in [6.45, 7) is -0.175.